The van der Waals surface area contributed by atoms with Crippen molar-refractivity contribution >= 4 is 5.97 Å². The van der Waals surface area contributed by atoms with Crippen LogP contribution in [-0.4, -0.2) is 23.0 Å². The van der Waals surface area contributed by atoms with Crippen LogP contribution in [0.5, 0.6) is 0 Å². The molecule has 1 aliphatic rings. The largest absolute Gasteiger partial charge is 0.457 e. The normalized spacial score (nSPS) is 20.2. The van der Waals surface area contributed by atoms with Crippen LogP contribution >= 0.6 is 0 Å². The molecule has 1 N–H and O–H groups in total. The minimum absolute atomic E-state index is 0.377. The van der Waals surface area contributed by atoms with E-state index in [4.69, 9.17) is 9.47 Å². The van der Waals surface area contributed by atoms with E-state index in [0.29, 0.717) is 12.2 Å². The maximum atomic E-state index is 11.3. The number of carbonyl (C=O) groups is 1. The Morgan fingerprint density at radius 3 is 2.65 bits per heavy atom. The first kappa shape index (κ1) is 14.0. The number of aliphatic hydroxyl groups is 1. The molecular formula is C13H22O4. The topological polar surface area (TPSA) is 55.8 Å². The number of cyclic esters (lactones) is 1. The van der Waals surface area contributed by atoms with Gasteiger partial charge in [-0.3, -0.25) is 0 Å². The molecule has 98 valence electrons. The van der Waals surface area contributed by atoms with Gasteiger partial charge in [-0.1, -0.05) is 26.2 Å². The number of hydrogen-bond acceptors (Lipinski definition) is 4. The van der Waals surface area contributed by atoms with Crippen molar-refractivity contribution in [2.24, 2.45) is 0 Å². The molecule has 0 aromatic rings. The minimum Gasteiger partial charge on any atom is -0.457 e. The number of esters is 1. The van der Waals surface area contributed by atoms with E-state index in [9.17, 15) is 9.90 Å². The van der Waals surface area contributed by atoms with Crippen molar-refractivity contribution in [1.29, 1.82) is 0 Å². The molecule has 0 unspecified atom stereocenters. The second-order valence-corrected chi connectivity index (χ2v) is 4.89. The lowest BCUT2D eigenvalue weighted by atomic mass is 10.1. The van der Waals surface area contributed by atoms with Gasteiger partial charge in [0.25, 0.3) is 0 Å². The summed E-state index contributed by atoms with van der Waals surface area (Å²) in [6.45, 7) is 5.49. The smallest absolute Gasteiger partial charge is 0.337 e. The summed E-state index contributed by atoms with van der Waals surface area (Å²) in [5.74, 6) is -0.822. The highest BCUT2D eigenvalue weighted by Gasteiger charge is 2.30. The zero-order valence-electron chi connectivity index (χ0n) is 10.9. The highest BCUT2D eigenvalue weighted by Crippen LogP contribution is 2.25. The van der Waals surface area contributed by atoms with E-state index in [1.165, 1.54) is 6.08 Å². The molecule has 4 heteroatoms. The summed E-state index contributed by atoms with van der Waals surface area (Å²) in [5.41, 5.74) is 0. The molecule has 17 heavy (non-hydrogen) atoms. The first-order valence-electron chi connectivity index (χ1n) is 6.23. The van der Waals surface area contributed by atoms with Crippen LogP contribution in [0.2, 0.25) is 0 Å². The van der Waals surface area contributed by atoms with Gasteiger partial charge in [0.05, 0.1) is 12.2 Å². The van der Waals surface area contributed by atoms with Gasteiger partial charge in [-0.15, -0.1) is 0 Å². The predicted molar refractivity (Wildman–Crippen MR) is 64.1 cm³/mol. The number of aliphatic hydroxyl groups excluding tert-OH is 1. The molecule has 0 saturated heterocycles. The van der Waals surface area contributed by atoms with Gasteiger partial charge in [-0.25, -0.2) is 4.79 Å². The van der Waals surface area contributed by atoms with Gasteiger partial charge in [0.2, 0.25) is 5.79 Å². The molecule has 0 bridgehead atoms. The summed E-state index contributed by atoms with van der Waals surface area (Å²) in [4.78, 5) is 11.3. The van der Waals surface area contributed by atoms with E-state index in [0.717, 1.165) is 25.7 Å². The standard InChI is InChI=1S/C13H22O4/c1-4-5-6-7-10(14)8-11-9-12(15)17-13(2,3)16-11/h9-10,14H,4-8H2,1-3H3/t10-/m0/s1. The van der Waals surface area contributed by atoms with Crippen molar-refractivity contribution in [3.63, 3.8) is 0 Å². The minimum atomic E-state index is -0.926. The SMILES string of the molecule is CCCCC[C@H](O)CC1=CC(=O)OC(C)(C)O1. The number of unbranched alkanes of at least 4 members (excludes halogenated alkanes) is 2. The van der Waals surface area contributed by atoms with Gasteiger partial charge in [0.1, 0.15) is 5.76 Å². The first-order valence-corrected chi connectivity index (χ1v) is 6.23. The number of ether oxygens (including phenoxy) is 2. The summed E-state index contributed by atoms with van der Waals surface area (Å²) in [6.07, 6.45) is 5.23. The van der Waals surface area contributed by atoms with E-state index in [1.54, 1.807) is 13.8 Å². The molecule has 0 saturated carbocycles. The molecular weight excluding hydrogens is 220 g/mol. The van der Waals surface area contributed by atoms with Crippen LogP contribution in [-0.2, 0) is 14.3 Å². The first-order chi connectivity index (χ1) is 7.93. The predicted octanol–water partition coefficient (Wildman–Crippen LogP) is 2.51. The van der Waals surface area contributed by atoms with Crippen molar-refractivity contribution in [3.8, 4) is 0 Å². The van der Waals surface area contributed by atoms with Gasteiger partial charge >= 0.3 is 5.97 Å². The molecule has 0 aromatic heterocycles. The molecule has 4 nitrogen and oxygen atoms in total. The van der Waals surface area contributed by atoms with E-state index >= 15 is 0 Å². The molecule has 1 aliphatic heterocycles. The Bertz CT molecular complexity index is 294. The van der Waals surface area contributed by atoms with Gasteiger partial charge in [-0.2, -0.15) is 0 Å². The Labute approximate surface area is 103 Å². The Morgan fingerprint density at radius 1 is 1.35 bits per heavy atom. The highest BCUT2D eigenvalue weighted by molar-refractivity contribution is 5.83. The van der Waals surface area contributed by atoms with Crippen molar-refractivity contribution in [3.05, 3.63) is 11.8 Å². The summed E-state index contributed by atoms with van der Waals surface area (Å²) in [6, 6.07) is 0. The third-order valence-corrected chi connectivity index (χ3v) is 2.58. The molecule has 0 fully saturated rings. The van der Waals surface area contributed by atoms with Crippen LogP contribution in [0.4, 0.5) is 0 Å². The number of carbonyl (C=O) groups excluding carboxylic acids is 1. The van der Waals surface area contributed by atoms with Gasteiger partial charge in [0, 0.05) is 20.3 Å². The van der Waals surface area contributed by atoms with E-state index in [-0.39, 0.29) is 0 Å². The monoisotopic (exact) mass is 242 g/mol. The number of hydrogen-bond donors (Lipinski definition) is 1. The maximum absolute atomic E-state index is 11.3. The molecule has 0 radical (unpaired) electrons. The van der Waals surface area contributed by atoms with Crippen molar-refractivity contribution in [1.82, 2.24) is 0 Å². The lowest BCUT2D eigenvalue weighted by Gasteiger charge is -2.31. The van der Waals surface area contributed by atoms with Crippen LogP contribution in [0.15, 0.2) is 11.8 Å². The molecule has 1 atom stereocenters. The summed E-state index contributed by atoms with van der Waals surface area (Å²) in [7, 11) is 0. The van der Waals surface area contributed by atoms with Crippen LogP contribution in [0.1, 0.15) is 52.9 Å². The third-order valence-electron chi connectivity index (χ3n) is 2.58. The van der Waals surface area contributed by atoms with Gasteiger partial charge < -0.3 is 14.6 Å². The van der Waals surface area contributed by atoms with E-state index in [1.807, 2.05) is 0 Å². The molecule has 1 rings (SSSR count). The maximum Gasteiger partial charge on any atom is 0.337 e. The van der Waals surface area contributed by atoms with Crippen LogP contribution < -0.4 is 0 Å². The lowest BCUT2D eigenvalue weighted by molar-refractivity contribution is -0.206. The zero-order valence-corrected chi connectivity index (χ0v) is 10.9. The van der Waals surface area contributed by atoms with Crippen LogP contribution in [0, 0.1) is 0 Å². The summed E-state index contributed by atoms with van der Waals surface area (Å²) < 4.78 is 10.4. The molecule has 1 heterocycles. The fourth-order valence-corrected chi connectivity index (χ4v) is 1.83. The molecule has 0 aliphatic carbocycles. The van der Waals surface area contributed by atoms with Crippen molar-refractivity contribution < 1.29 is 19.4 Å². The Hall–Kier alpha value is -1.03. The summed E-state index contributed by atoms with van der Waals surface area (Å²) >= 11 is 0. The van der Waals surface area contributed by atoms with E-state index in [2.05, 4.69) is 6.92 Å². The lowest BCUT2D eigenvalue weighted by Crippen LogP contribution is -2.35. The Kier molecular flexibility index (Phi) is 5.00. The van der Waals surface area contributed by atoms with Crippen molar-refractivity contribution in [2.45, 2.75) is 64.8 Å². The quantitative estimate of drug-likeness (QED) is 0.574. The average Bonchev–Trinajstić information content (AvgIpc) is 2.14. The van der Waals surface area contributed by atoms with Crippen LogP contribution in [0.25, 0.3) is 0 Å². The fourth-order valence-electron chi connectivity index (χ4n) is 1.83. The Morgan fingerprint density at radius 2 is 2.06 bits per heavy atom. The van der Waals surface area contributed by atoms with Crippen LogP contribution in [0.3, 0.4) is 0 Å². The average molecular weight is 242 g/mol. The molecule has 0 spiro atoms. The molecule has 0 aromatic carbocycles. The Balaban J connectivity index is 2.42. The molecule has 0 amide bonds. The van der Waals surface area contributed by atoms with E-state index < -0.39 is 17.9 Å². The number of rotatable bonds is 6. The third kappa shape index (κ3) is 5.22. The fraction of sp³-hybridized carbons (Fsp3) is 0.769. The summed E-state index contributed by atoms with van der Waals surface area (Å²) in [5, 5.41) is 9.81. The highest BCUT2D eigenvalue weighted by atomic mass is 16.7. The second-order valence-electron chi connectivity index (χ2n) is 4.89. The second kappa shape index (κ2) is 6.05. The van der Waals surface area contributed by atoms with Gasteiger partial charge in [-0.05, 0) is 6.42 Å². The van der Waals surface area contributed by atoms with Gasteiger partial charge in [0.15, 0.2) is 0 Å². The van der Waals surface area contributed by atoms with Crippen molar-refractivity contribution in [2.75, 3.05) is 0 Å². The zero-order chi connectivity index (χ0) is 12.9.